The van der Waals surface area contributed by atoms with Gasteiger partial charge in [0, 0.05) is 13.1 Å². The van der Waals surface area contributed by atoms with Crippen LogP contribution in [0.3, 0.4) is 0 Å². The van der Waals surface area contributed by atoms with Gasteiger partial charge in [-0.15, -0.1) is 0 Å². The summed E-state index contributed by atoms with van der Waals surface area (Å²) in [6, 6.07) is 6.77. The maximum absolute atomic E-state index is 12.8. The Hall–Kier alpha value is -1.07. The first-order valence-electron chi connectivity index (χ1n) is 6.92. The molecule has 0 N–H and O–H groups in total. The van der Waals surface area contributed by atoms with Gasteiger partial charge in [-0.3, -0.25) is 0 Å². The van der Waals surface area contributed by atoms with Crippen LogP contribution in [-0.4, -0.2) is 32.9 Å². The highest BCUT2D eigenvalue weighted by atomic mass is 32.2. The number of rotatable bonds is 7. The Labute approximate surface area is 122 Å². The fourth-order valence-electron chi connectivity index (χ4n) is 2.06. The van der Waals surface area contributed by atoms with E-state index in [0.717, 1.165) is 0 Å². The Morgan fingerprint density at radius 2 is 1.55 bits per heavy atom. The zero-order valence-electron chi connectivity index (χ0n) is 13.0. The molecule has 0 radical (unpaired) electrons. The number of benzene rings is 1. The smallest absolute Gasteiger partial charge is 0.246 e. The van der Waals surface area contributed by atoms with Crippen LogP contribution < -0.4 is 4.74 Å². The van der Waals surface area contributed by atoms with Crippen molar-refractivity contribution in [3.05, 3.63) is 24.3 Å². The van der Waals surface area contributed by atoms with E-state index in [1.165, 1.54) is 7.11 Å². The van der Waals surface area contributed by atoms with E-state index in [4.69, 9.17) is 4.74 Å². The van der Waals surface area contributed by atoms with Crippen LogP contribution in [0.5, 0.6) is 5.75 Å². The van der Waals surface area contributed by atoms with E-state index in [-0.39, 0.29) is 16.7 Å². The molecule has 1 aromatic carbocycles. The molecule has 0 aliphatic carbocycles. The van der Waals surface area contributed by atoms with Crippen LogP contribution in [0.15, 0.2) is 29.2 Å². The SMILES string of the molecule is COc1ccccc1S(=O)(=O)N(CC(C)C)CC(C)C. The number of hydrogen-bond acceptors (Lipinski definition) is 3. The molecule has 0 spiro atoms. The summed E-state index contributed by atoms with van der Waals surface area (Å²) < 4.78 is 32.4. The third-order valence-corrected chi connectivity index (χ3v) is 4.70. The average Bonchev–Trinajstić information content (AvgIpc) is 2.36. The average molecular weight is 299 g/mol. The van der Waals surface area contributed by atoms with Crippen molar-refractivity contribution in [1.82, 2.24) is 4.31 Å². The Bertz CT molecular complexity index is 514. The molecule has 1 aromatic rings. The van der Waals surface area contributed by atoms with Crippen molar-refractivity contribution in [2.45, 2.75) is 32.6 Å². The third kappa shape index (κ3) is 4.21. The normalized spacial score (nSPS) is 12.4. The van der Waals surface area contributed by atoms with E-state index in [1.807, 2.05) is 27.7 Å². The number of ether oxygens (including phenoxy) is 1. The van der Waals surface area contributed by atoms with Crippen LogP contribution in [-0.2, 0) is 10.0 Å². The highest BCUT2D eigenvalue weighted by Crippen LogP contribution is 2.27. The molecule has 0 saturated carbocycles. The van der Waals surface area contributed by atoms with Gasteiger partial charge in [-0.2, -0.15) is 4.31 Å². The van der Waals surface area contributed by atoms with Gasteiger partial charge in [0.05, 0.1) is 7.11 Å². The number of methoxy groups -OCH3 is 1. The summed E-state index contributed by atoms with van der Waals surface area (Å²) in [7, 11) is -2.04. The van der Waals surface area contributed by atoms with Crippen molar-refractivity contribution >= 4 is 10.0 Å². The predicted molar refractivity (Wildman–Crippen MR) is 81.4 cm³/mol. The standard InChI is InChI=1S/C15H25NO3S/c1-12(2)10-16(11-13(3)4)20(17,18)15-9-7-6-8-14(15)19-5/h6-9,12-13H,10-11H2,1-5H3. The van der Waals surface area contributed by atoms with Crippen molar-refractivity contribution in [1.29, 1.82) is 0 Å². The third-order valence-electron chi connectivity index (χ3n) is 2.82. The molecule has 0 amide bonds. The Balaban J connectivity index is 3.21. The van der Waals surface area contributed by atoms with Crippen LogP contribution in [0.2, 0.25) is 0 Å². The molecule has 4 nitrogen and oxygen atoms in total. The summed E-state index contributed by atoms with van der Waals surface area (Å²) in [6.07, 6.45) is 0. The van der Waals surface area contributed by atoms with Gasteiger partial charge in [-0.05, 0) is 24.0 Å². The lowest BCUT2D eigenvalue weighted by molar-refractivity contribution is 0.330. The molecule has 20 heavy (non-hydrogen) atoms. The Morgan fingerprint density at radius 3 is 2.00 bits per heavy atom. The molecular weight excluding hydrogens is 274 g/mol. The quantitative estimate of drug-likeness (QED) is 0.777. The minimum atomic E-state index is -3.53. The molecule has 0 bridgehead atoms. The minimum absolute atomic E-state index is 0.240. The fourth-order valence-corrected chi connectivity index (χ4v) is 3.98. The van der Waals surface area contributed by atoms with Crippen LogP contribution in [0, 0.1) is 11.8 Å². The first-order chi connectivity index (χ1) is 9.28. The van der Waals surface area contributed by atoms with Crippen LogP contribution in [0.1, 0.15) is 27.7 Å². The molecular formula is C15H25NO3S. The van der Waals surface area contributed by atoms with Crippen molar-refractivity contribution < 1.29 is 13.2 Å². The van der Waals surface area contributed by atoms with Crippen LogP contribution in [0.4, 0.5) is 0 Å². The molecule has 114 valence electrons. The zero-order valence-corrected chi connectivity index (χ0v) is 13.8. The molecule has 1 rings (SSSR count). The second kappa shape index (κ2) is 7.09. The van der Waals surface area contributed by atoms with Gasteiger partial charge < -0.3 is 4.74 Å². The van der Waals surface area contributed by atoms with Crippen molar-refractivity contribution in [2.24, 2.45) is 11.8 Å². The summed E-state index contributed by atoms with van der Waals surface area (Å²) >= 11 is 0. The van der Waals surface area contributed by atoms with Gasteiger partial charge in [0.1, 0.15) is 10.6 Å². The molecule has 0 fully saturated rings. The van der Waals surface area contributed by atoms with Gasteiger partial charge in [-0.1, -0.05) is 39.8 Å². The lowest BCUT2D eigenvalue weighted by Gasteiger charge is -2.26. The van der Waals surface area contributed by atoms with E-state index in [0.29, 0.717) is 18.8 Å². The summed E-state index contributed by atoms with van der Waals surface area (Å²) in [5.74, 6) is 0.946. The topological polar surface area (TPSA) is 46.6 Å². The Kier molecular flexibility index (Phi) is 6.02. The van der Waals surface area contributed by atoms with Gasteiger partial charge in [0.25, 0.3) is 0 Å². The lowest BCUT2D eigenvalue weighted by Crippen LogP contribution is -2.37. The van der Waals surface area contributed by atoms with E-state index in [1.54, 1.807) is 28.6 Å². The molecule has 0 saturated heterocycles. The summed E-state index contributed by atoms with van der Waals surface area (Å²) in [6.45, 7) is 9.10. The number of hydrogen-bond donors (Lipinski definition) is 0. The summed E-state index contributed by atoms with van der Waals surface area (Å²) in [5.41, 5.74) is 0. The maximum atomic E-state index is 12.8. The number of para-hydroxylation sites is 1. The molecule has 0 unspecified atom stereocenters. The molecule has 0 heterocycles. The van der Waals surface area contributed by atoms with Crippen LogP contribution in [0.25, 0.3) is 0 Å². The van der Waals surface area contributed by atoms with Crippen molar-refractivity contribution in [2.75, 3.05) is 20.2 Å². The van der Waals surface area contributed by atoms with Crippen molar-refractivity contribution in [3.8, 4) is 5.75 Å². The van der Waals surface area contributed by atoms with E-state index >= 15 is 0 Å². The number of nitrogens with zero attached hydrogens (tertiary/aromatic N) is 1. The Morgan fingerprint density at radius 1 is 1.05 bits per heavy atom. The number of sulfonamides is 1. The highest BCUT2D eigenvalue weighted by molar-refractivity contribution is 7.89. The van der Waals surface area contributed by atoms with Crippen molar-refractivity contribution in [3.63, 3.8) is 0 Å². The minimum Gasteiger partial charge on any atom is -0.495 e. The maximum Gasteiger partial charge on any atom is 0.246 e. The van der Waals surface area contributed by atoms with E-state index in [2.05, 4.69) is 0 Å². The highest BCUT2D eigenvalue weighted by Gasteiger charge is 2.28. The molecule has 0 aromatic heterocycles. The fraction of sp³-hybridized carbons (Fsp3) is 0.600. The van der Waals surface area contributed by atoms with Gasteiger partial charge in [-0.25, -0.2) is 8.42 Å². The first-order valence-corrected chi connectivity index (χ1v) is 8.36. The summed E-state index contributed by atoms with van der Waals surface area (Å²) in [5, 5.41) is 0. The molecule has 0 aliphatic rings. The molecule has 0 aliphatic heterocycles. The van der Waals surface area contributed by atoms with E-state index in [9.17, 15) is 8.42 Å². The van der Waals surface area contributed by atoms with Gasteiger partial charge in [0.15, 0.2) is 0 Å². The molecule has 0 atom stereocenters. The monoisotopic (exact) mass is 299 g/mol. The van der Waals surface area contributed by atoms with E-state index < -0.39 is 10.0 Å². The predicted octanol–water partition coefficient (Wildman–Crippen LogP) is 3.00. The first kappa shape index (κ1) is 17.0. The van der Waals surface area contributed by atoms with Crippen LogP contribution >= 0.6 is 0 Å². The largest absolute Gasteiger partial charge is 0.495 e. The summed E-state index contributed by atoms with van der Waals surface area (Å²) in [4.78, 5) is 0.240. The van der Waals surface area contributed by atoms with Gasteiger partial charge >= 0.3 is 0 Å². The lowest BCUT2D eigenvalue weighted by atomic mass is 10.2. The second-order valence-electron chi connectivity index (χ2n) is 5.76. The molecule has 5 heteroatoms. The second-order valence-corrected chi connectivity index (χ2v) is 7.67. The van der Waals surface area contributed by atoms with Gasteiger partial charge in [0.2, 0.25) is 10.0 Å². The zero-order chi connectivity index (χ0) is 15.3.